The van der Waals surface area contributed by atoms with Gasteiger partial charge in [0.2, 0.25) is 5.91 Å². The van der Waals surface area contributed by atoms with Gasteiger partial charge in [-0.15, -0.1) is 0 Å². The number of benzene rings is 1. The minimum absolute atomic E-state index is 0.0102. The highest BCUT2D eigenvalue weighted by Gasteiger charge is 2.19. The topological polar surface area (TPSA) is 55.1 Å². The molecular weight excluding hydrogens is 226 g/mol. The average molecular weight is 242 g/mol. The predicted molar refractivity (Wildman–Crippen MR) is 61.0 cm³/mol. The van der Waals surface area contributed by atoms with E-state index < -0.39 is 23.6 Å². The van der Waals surface area contributed by atoms with Gasteiger partial charge >= 0.3 is 0 Å². The van der Waals surface area contributed by atoms with Gasteiger partial charge in [-0.1, -0.05) is 19.9 Å². The fraction of sp³-hybridized carbons (Fsp3) is 0.417. The van der Waals surface area contributed by atoms with Gasteiger partial charge in [-0.3, -0.25) is 4.79 Å². The van der Waals surface area contributed by atoms with Crippen LogP contribution in [0.5, 0.6) is 0 Å². The van der Waals surface area contributed by atoms with Gasteiger partial charge in [-0.25, -0.2) is 8.78 Å². The SMILES string of the molecule is CC(C)C(NCc1ccc(F)cc1F)C(N)=O. The van der Waals surface area contributed by atoms with Crippen LogP contribution in [-0.2, 0) is 11.3 Å². The van der Waals surface area contributed by atoms with Crippen LogP contribution in [0.3, 0.4) is 0 Å². The van der Waals surface area contributed by atoms with Gasteiger partial charge in [-0.05, 0) is 12.0 Å². The van der Waals surface area contributed by atoms with Crippen molar-refractivity contribution in [3.63, 3.8) is 0 Å². The van der Waals surface area contributed by atoms with Crippen molar-refractivity contribution in [2.45, 2.75) is 26.4 Å². The second-order valence-corrected chi connectivity index (χ2v) is 4.24. The third-order valence-electron chi connectivity index (χ3n) is 2.50. The summed E-state index contributed by atoms with van der Waals surface area (Å²) < 4.78 is 26.0. The molecule has 0 heterocycles. The molecule has 0 aliphatic carbocycles. The lowest BCUT2D eigenvalue weighted by Gasteiger charge is -2.19. The number of nitrogens with two attached hydrogens (primary N) is 1. The third-order valence-corrected chi connectivity index (χ3v) is 2.50. The molecule has 5 heteroatoms. The lowest BCUT2D eigenvalue weighted by molar-refractivity contribution is -0.121. The summed E-state index contributed by atoms with van der Waals surface area (Å²) in [5.74, 6) is -1.73. The fourth-order valence-electron chi connectivity index (χ4n) is 1.55. The maximum Gasteiger partial charge on any atom is 0.234 e. The Bertz CT molecular complexity index is 407. The van der Waals surface area contributed by atoms with E-state index in [4.69, 9.17) is 5.73 Å². The summed E-state index contributed by atoms with van der Waals surface area (Å²) >= 11 is 0. The van der Waals surface area contributed by atoms with Crippen LogP contribution in [0.4, 0.5) is 8.78 Å². The van der Waals surface area contributed by atoms with Gasteiger partial charge in [0.1, 0.15) is 11.6 Å². The molecule has 1 aromatic carbocycles. The van der Waals surface area contributed by atoms with E-state index in [2.05, 4.69) is 5.32 Å². The normalized spacial score (nSPS) is 12.8. The molecule has 0 saturated carbocycles. The van der Waals surface area contributed by atoms with Gasteiger partial charge in [0.15, 0.2) is 0 Å². The van der Waals surface area contributed by atoms with Crippen molar-refractivity contribution in [1.82, 2.24) is 5.32 Å². The Hall–Kier alpha value is -1.49. The van der Waals surface area contributed by atoms with E-state index in [0.29, 0.717) is 5.56 Å². The molecule has 0 aliphatic rings. The summed E-state index contributed by atoms with van der Waals surface area (Å²) in [6, 6.07) is 2.80. The van der Waals surface area contributed by atoms with E-state index in [1.807, 2.05) is 13.8 Å². The minimum atomic E-state index is -0.635. The van der Waals surface area contributed by atoms with Crippen LogP contribution in [0, 0.1) is 17.6 Å². The molecule has 1 aromatic rings. The second-order valence-electron chi connectivity index (χ2n) is 4.24. The number of primary amides is 1. The van der Waals surface area contributed by atoms with Crippen LogP contribution in [0.1, 0.15) is 19.4 Å². The molecule has 0 fully saturated rings. The molecule has 1 unspecified atom stereocenters. The molecule has 0 radical (unpaired) electrons. The Balaban J connectivity index is 2.69. The van der Waals surface area contributed by atoms with Gasteiger partial charge in [0, 0.05) is 18.2 Å². The van der Waals surface area contributed by atoms with Crippen LogP contribution < -0.4 is 11.1 Å². The number of carbonyl (C=O) groups is 1. The quantitative estimate of drug-likeness (QED) is 0.823. The van der Waals surface area contributed by atoms with Crippen LogP contribution in [0.2, 0.25) is 0 Å². The molecule has 3 N–H and O–H groups in total. The van der Waals surface area contributed by atoms with Gasteiger partial charge in [-0.2, -0.15) is 0 Å². The molecule has 1 atom stereocenters. The first kappa shape index (κ1) is 13.6. The highest BCUT2D eigenvalue weighted by molar-refractivity contribution is 5.80. The van der Waals surface area contributed by atoms with Crippen molar-refractivity contribution >= 4 is 5.91 Å². The van der Waals surface area contributed by atoms with Crippen molar-refractivity contribution in [2.24, 2.45) is 11.7 Å². The molecule has 0 bridgehead atoms. The van der Waals surface area contributed by atoms with E-state index >= 15 is 0 Å². The Labute approximate surface area is 99.0 Å². The summed E-state index contributed by atoms with van der Waals surface area (Å²) in [4.78, 5) is 11.1. The molecule has 1 rings (SSSR count). The van der Waals surface area contributed by atoms with E-state index in [9.17, 15) is 13.6 Å². The predicted octanol–water partition coefficient (Wildman–Crippen LogP) is 1.56. The summed E-state index contributed by atoms with van der Waals surface area (Å²) in [5.41, 5.74) is 5.51. The first-order chi connectivity index (χ1) is 7.91. The molecule has 0 spiro atoms. The van der Waals surface area contributed by atoms with Crippen LogP contribution in [0.15, 0.2) is 18.2 Å². The Morgan fingerprint density at radius 3 is 2.53 bits per heavy atom. The monoisotopic (exact) mass is 242 g/mol. The number of nitrogens with one attached hydrogen (secondary N) is 1. The first-order valence-corrected chi connectivity index (χ1v) is 5.38. The molecular formula is C12H16F2N2O. The number of hydrogen-bond acceptors (Lipinski definition) is 2. The Kier molecular flexibility index (Phi) is 4.57. The number of amides is 1. The van der Waals surface area contributed by atoms with Crippen LogP contribution >= 0.6 is 0 Å². The molecule has 0 saturated heterocycles. The van der Waals surface area contributed by atoms with Gasteiger partial charge in [0.25, 0.3) is 0 Å². The fourth-order valence-corrected chi connectivity index (χ4v) is 1.55. The summed E-state index contributed by atoms with van der Waals surface area (Å²) in [6.07, 6.45) is 0. The lowest BCUT2D eigenvalue weighted by atomic mass is 10.0. The van der Waals surface area contributed by atoms with Crippen molar-refractivity contribution < 1.29 is 13.6 Å². The maximum absolute atomic E-state index is 13.3. The number of carbonyl (C=O) groups excluding carboxylic acids is 1. The Morgan fingerprint density at radius 1 is 1.41 bits per heavy atom. The molecule has 0 aliphatic heterocycles. The molecule has 94 valence electrons. The average Bonchev–Trinajstić information content (AvgIpc) is 2.20. The Morgan fingerprint density at radius 2 is 2.06 bits per heavy atom. The highest BCUT2D eigenvalue weighted by Crippen LogP contribution is 2.10. The standard InChI is InChI=1S/C12H16F2N2O/c1-7(2)11(12(15)17)16-6-8-3-4-9(13)5-10(8)14/h3-5,7,11,16H,6H2,1-2H3,(H2,15,17). The molecule has 1 amide bonds. The summed E-state index contributed by atoms with van der Waals surface area (Å²) in [6.45, 7) is 3.81. The zero-order valence-corrected chi connectivity index (χ0v) is 9.84. The third kappa shape index (κ3) is 3.78. The summed E-state index contributed by atoms with van der Waals surface area (Å²) in [7, 11) is 0. The lowest BCUT2D eigenvalue weighted by Crippen LogP contribution is -2.44. The largest absolute Gasteiger partial charge is 0.368 e. The van der Waals surface area contributed by atoms with Crippen molar-refractivity contribution in [3.05, 3.63) is 35.4 Å². The van der Waals surface area contributed by atoms with Crippen LogP contribution in [-0.4, -0.2) is 11.9 Å². The zero-order chi connectivity index (χ0) is 13.0. The minimum Gasteiger partial charge on any atom is -0.368 e. The second kappa shape index (κ2) is 5.72. The van der Waals surface area contributed by atoms with Gasteiger partial charge < -0.3 is 11.1 Å². The number of hydrogen-bond donors (Lipinski definition) is 2. The van der Waals surface area contributed by atoms with Crippen molar-refractivity contribution in [3.8, 4) is 0 Å². The summed E-state index contributed by atoms with van der Waals surface area (Å²) in [5, 5.41) is 2.86. The van der Waals surface area contributed by atoms with E-state index in [-0.39, 0.29) is 12.5 Å². The van der Waals surface area contributed by atoms with Crippen molar-refractivity contribution in [1.29, 1.82) is 0 Å². The molecule has 0 aromatic heterocycles. The van der Waals surface area contributed by atoms with E-state index in [0.717, 1.165) is 6.07 Å². The number of halogens is 2. The number of rotatable bonds is 5. The van der Waals surface area contributed by atoms with Gasteiger partial charge in [0.05, 0.1) is 6.04 Å². The van der Waals surface area contributed by atoms with Crippen LogP contribution in [0.25, 0.3) is 0 Å². The van der Waals surface area contributed by atoms with Crippen molar-refractivity contribution in [2.75, 3.05) is 0 Å². The van der Waals surface area contributed by atoms with E-state index in [1.54, 1.807) is 0 Å². The van der Waals surface area contributed by atoms with E-state index in [1.165, 1.54) is 12.1 Å². The first-order valence-electron chi connectivity index (χ1n) is 5.38. The smallest absolute Gasteiger partial charge is 0.234 e. The molecule has 17 heavy (non-hydrogen) atoms. The highest BCUT2D eigenvalue weighted by atomic mass is 19.1. The molecule has 3 nitrogen and oxygen atoms in total. The maximum atomic E-state index is 13.3. The zero-order valence-electron chi connectivity index (χ0n) is 9.84.